The molecule has 1 unspecified atom stereocenters. The molecule has 2 heterocycles. The molecule has 0 fully saturated rings. The Morgan fingerprint density at radius 1 is 1.21 bits per heavy atom. The van der Waals surface area contributed by atoms with Gasteiger partial charge in [-0.3, -0.25) is 9.59 Å². The van der Waals surface area contributed by atoms with Crippen molar-refractivity contribution in [3.63, 3.8) is 0 Å². The first-order chi connectivity index (χ1) is 15.4. The Hall–Kier alpha value is -2.51. The molecule has 2 aromatic rings. The van der Waals surface area contributed by atoms with Gasteiger partial charge in [-0.15, -0.1) is 11.3 Å². The number of benzene rings is 1. The van der Waals surface area contributed by atoms with Crippen molar-refractivity contribution in [1.29, 1.82) is 0 Å². The lowest BCUT2D eigenvalue weighted by Gasteiger charge is -2.28. The highest BCUT2D eigenvalue weighted by molar-refractivity contribution is 7.14. The third kappa shape index (κ3) is 5.36. The Kier molecular flexibility index (Phi) is 7.44. The average Bonchev–Trinajstić information content (AvgIpc) is 3.20. The van der Waals surface area contributed by atoms with Crippen molar-refractivity contribution in [3.05, 3.63) is 62.3 Å². The van der Waals surface area contributed by atoms with Crippen LogP contribution >= 0.6 is 11.3 Å². The van der Waals surface area contributed by atoms with Crippen LogP contribution in [0.25, 0.3) is 0 Å². The highest BCUT2D eigenvalue weighted by Crippen LogP contribution is 2.40. The van der Waals surface area contributed by atoms with Crippen LogP contribution in [-0.2, 0) is 14.9 Å². The molecule has 178 valence electrons. The standard InChI is InChI=1S/C26H34N2O4S/c1-15(2)32-14-8-13-28-21(18-9-11-19(12-10-18)26(5,6)7)20(23(30)25(28)31)22(29)24-16(3)27-17(4)33-24/h9-12,15,21,30H,8,13-14H2,1-7H3. The number of rotatable bonds is 8. The molecular weight excluding hydrogens is 436 g/mol. The molecule has 33 heavy (non-hydrogen) atoms. The van der Waals surface area contributed by atoms with Gasteiger partial charge in [0.05, 0.1) is 33.3 Å². The summed E-state index contributed by atoms with van der Waals surface area (Å²) in [6, 6.07) is 7.30. The molecule has 1 aromatic heterocycles. The molecule has 1 aliphatic rings. The number of Topliss-reactive ketones (excluding diaryl/α,β-unsaturated/α-hetero) is 1. The largest absolute Gasteiger partial charge is 0.503 e. The molecular formula is C26H34N2O4S. The molecule has 3 rings (SSSR count). The highest BCUT2D eigenvalue weighted by Gasteiger charge is 2.44. The number of ketones is 1. The van der Waals surface area contributed by atoms with Gasteiger partial charge in [0.2, 0.25) is 5.78 Å². The van der Waals surface area contributed by atoms with E-state index in [1.165, 1.54) is 11.3 Å². The summed E-state index contributed by atoms with van der Waals surface area (Å²) in [6.45, 7) is 14.8. The third-order valence-corrected chi connectivity index (χ3v) is 6.82. The number of ether oxygens (including phenoxy) is 1. The Bertz CT molecular complexity index is 1060. The van der Waals surface area contributed by atoms with Crippen LogP contribution in [0.5, 0.6) is 0 Å². The molecule has 1 aromatic carbocycles. The van der Waals surface area contributed by atoms with Gasteiger partial charge in [0.1, 0.15) is 0 Å². The van der Waals surface area contributed by atoms with Crippen LogP contribution in [0, 0.1) is 13.8 Å². The number of thiazole rings is 1. The fraction of sp³-hybridized carbons (Fsp3) is 0.500. The molecule has 0 radical (unpaired) electrons. The van der Waals surface area contributed by atoms with Gasteiger partial charge in [0, 0.05) is 13.2 Å². The molecule has 0 saturated heterocycles. The minimum atomic E-state index is -0.653. The van der Waals surface area contributed by atoms with Gasteiger partial charge in [0.25, 0.3) is 5.91 Å². The van der Waals surface area contributed by atoms with Gasteiger partial charge < -0.3 is 14.7 Å². The zero-order valence-electron chi connectivity index (χ0n) is 20.6. The Balaban J connectivity index is 2.01. The van der Waals surface area contributed by atoms with Crippen LogP contribution < -0.4 is 0 Å². The number of carbonyl (C=O) groups excluding carboxylic acids is 2. The first kappa shape index (κ1) is 25.1. The molecule has 0 saturated carbocycles. The quantitative estimate of drug-likeness (QED) is 0.410. The van der Waals surface area contributed by atoms with E-state index in [0.717, 1.165) is 16.1 Å². The van der Waals surface area contributed by atoms with Crippen LogP contribution in [0.2, 0.25) is 0 Å². The van der Waals surface area contributed by atoms with E-state index >= 15 is 0 Å². The number of carbonyl (C=O) groups is 2. The minimum absolute atomic E-state index is 0.0220. The molecule has 1 N–H and O–H groups in total. The van der Waals surface area contributed by atoms with Gasteiger partial charge in [-0.05, 0) is 50.7 Å². The molecule has 0 bridgehead atoms. The van der Waals surface area contributed by atoms with E-state index in [2.05, 4.69) is 25.8 Å². The van der Waals surface area contributed by atoms with E-state index in [1.807, 2.05) is 45.0 Å². The monoisotopic (exact) mass is 470 g/mol. The fourth-order valence-corrected chi connectivity index (χ4v) is 4.92. The zero-order chi connectivity index (χ0) is 24.5. The van der Waals surface area contributed by atoms with E-state index in [0.29, 0.717) is 30.1 Å². The summed E-state index contributed by atoms with van der Waals surface area (Å²) in [5.74, 6) is -1.33. The average molecular weight is 471 g/mol. The molecule has 1 amide bonds. The van der Waals surface area contributed by atoms with Gasteiger partial charge in [0.15, 0.2) is 5.76 Å². The number of hydrogen-bond donors (Lipinski definition) is 1. The molecule has 1 aliphatic heterocycles. The zero-order valence-corrected chi connectivity index (χ0v) is 21.4. The van der Waals surface area contributed by atoms with Gasteiger partial charge in [-0.1, -0.05) is 45.0 Å². The molecule has 6 nitrogen and oxygen atoms in total. The van der Waals surface area contributed by atoms with Crippen LogP contribution in [0.4, 0.5) is 0 Å². The van der Waals surface area contributed by atoms with Crippen molar-refractivity contribution in [3.8, 4) is 0 Å². The second-order valence-electron chi connectivity index (χ2n) is 9.79. The number of hydrogen-bond acceptors (Lipinski definition) is 6. The van der Waals surface area contributed by atoms with Crippen molar-refractivity contribution in [2.24, 2.45) is 0 Å². The van der Waals surface area contributed by atoms with Crippen molar-refractivity contribution >= 4 is 23.0 Å². The maximum Gasteiger partial charge on any atom is 0.290 e. The summed E-state index contributed by atoms with van der Waals surface area (Å²) < 4.78 is 5.63. The Labute approximate surface area is 200 Å². The summed E-state index contributed by atoms with van der Waals surface area (Å²) in [5.41, 5.74) is 2.67. The Morgan fingerprint density at radius 2 is 1.85 bits per heavy atom. The van der Waals surface area contributed by atoms with E-state index < -0.39 is 17.7 Å². The van der Waals surface area contributed by atoms with E-state index in [1.54, 1.807) is 11.8 Å². The maximum absolute atomic E-state index is 13.6. The molecule has 1 atom stereocenters. The molecule has 0 spiro atoms. The predicted molar refractivity (Wildman–Crippen MR) is 131 cm³/mol. The second kappa shape index (κ2) is 9.77. The van der Waals surface area contributed by atoms with Crippen molar-refractivity contribution in [2.45, 2.75) is 72.4 Å². The maximum atomic E-state index is 13.6. The van der Waals surface area contributed by atoms with E-state index in [4.69, 9.17) is 4.74 Å². The van der Waals surface area contributed by atoms with E-state index in [-0.39, 0.29) is 22.9 Å². The number of amides is 1. The minimum Gasteiger partial charge on any atom is -0.503 e. The molecule has 0 aliphatic carbocycles. The third-order valence-electron chi connectivity index (χ3n) is 5.75. The molecule has 7 heteroatoms. The lowest BCUT2D eigenvalue weighted by Crippen LogP contribution is -2.33. The summed E-state index contributed by atoms with van der Waals surface area (Å²) in [5, 5.41) is 11.6. The van der Waals surface area contributed by atoms with E-state index in [9.17, 15) is 14.7 Å². The van der Waals surface area contributed by atoms with Gasteiger partial charge >= 0.3 is 0 Å². The van der Waals surface area contributed by atoms with Crippen LogP contribution in [0.3, 0.4) is 0 Å². The number of aryl methyl sites for hydroxylation is 2. The normalized spacial score (nSPS) is 16.9. The summed E-state index contributed by atoms with van der Waals surface area (Å²) in [4.78, 5) is 33.1. The summed E-state index contributed by atoms with van der Waals surface area (Å²) in [6.07, 6.45) is 0.703. The van der Waals surface area contributed by atoms with Gasteiger partial charge in [-0.2, -0.15) is 0 Å². The first-order valence-electron chi connectivity index (χ1n) is 11.4. The second-order valence-corrected chi connectivity index (χ2v) is 11.0. The van der Waals surface area contributed by atoms with Crippen molar-refractivity contribution < 1.29 is 19.4 Å². The predicted octanol–water partition coefficient (Wildman–Crippen LogP) is 5.45. The SMILES string of the molecule is Cc1nc(C)c(C(=O)C2=C(O)C(=O)N(CCCOC(C)C)C2c2ccc(C(C)(C)C)cc2)s1. The lowest BCUT2D eigenvalue weighted by molar-refractivity contribution is -0.129. The smallest absolute Gasteiger partial charge is 0.290 e. The van der Waals surface area contributed by atoms with Crippen molar-refractivity contribution in [2.75, 3.05) is 13.2 Å². The number of nitrogens with zero attached hydrogens (tertiary/aromatic N) is 2. The highest BCUT2D eigenvalue weighted by atomic mass is 32.1. The van der Waals surface area contributed by atoms with Crippen LogP contribution in [-0.4, -0.2) is 45.9 Å². The summed E-state index contributed by atoms with van der Waals surface area (Å²) in [7, 11) is 0. The first-order valence-corrected chi connectivity index (χ1v) is 12.2. The fourth-order valence-electron chi connectivity index (χ4n) is 4.05. The van der Waals surface area contributed by atoms with Crippen LogP contribution in [0.1, 0.15) is 78.6 Å². The topological polar surface area (TPSA) is 79.7 Å². The number of aliphatic hydroxyl groups is 1. The van der Waals surface area contributed by atoms with Crippen molar-refractivity contribution in [1.82, 2.24) is 9.88 Å². The van der Waals surface area contributed by atoms with Gasteiger partial charge in [-0.25, -0.2) is 4.98 Å². The Morgan fingerprint density at radius 3 is 2.36 bits per heavy atom. The lowest BCUT2D eigenvalue weighted by atomic mass is 9.85. The number of aromatic nitrogens is 1. The summed E-state index contributed by atoms with van der Waals surface area (Å²) >= 11 is 1.29. The number of aliphatic hydroxyl groups excluding tert-OH is 1. The van der Waals surface area contributed by atoms with Crippen LogP contribution in [0.15, 0.2) is 35.6 Å².